The van der Waals surface area contributed by atoms with Crippen molar-refractivity contribution in [2.45, 2.75) is 18.9 Å². The van der Waals surface area contributed by atoms with Crippen LogP contribution in [-0.2, 0) is 19.7 Å². The van der Waals surface area contributed by atoms with Gasteiger partial charge in [-0.1, -0.05) is 0 Å². The van der Waals surface area contributed by atoms with Gasteiger partial charge in [-0.2, -0.15) is 0 Å². The third kappa shape index (κ3) is 8.15. The van der Waals surface area contributed by atoms with Crippen molar-refractivity contribution >= 4 is 22.0 Å². The number of hydrogen-bond acceptors (Lipinski definition) is 7. The lowest BCUT2D eigenvalue weighted by Gasteiger charge is -2.12. The molecule has 0 fully saturated rings. The van der Waals surface area contributed by atoms with Crippen LogP contribution in [0.2, 0.25) is 0 Å². The van der Waals surface area contributed by atoms with E-state index in [1.54, 1.807) is 0 Å². The van der Waals surface area contributed by atoms with Crippen molar-refractivity contribution in [1.82, 2.24) is 5.32 Å². The van der Waals surface area contributed by atoms with Gasteiger partial charge < -0.3 is 25.5 Å². The summed E-state index contributed by atoms with van der Waals surface area (Å²) in [7, 11) is -4.36. The van der Waals surface area contributed by atoms with Crippen LogP contribution in [0, 0.1) is 0 Å². The fourth-order valence-corrected chi connectivity index (χ4v) is 1.16. The number of amides is 1. The van der Waals surface area contributed by atoms with E-state index in [9.17, 15) is 27.7 Å². The van der Waals surface area contributed by atoms with Crippen molar-refractivity contribution in [2.24, 2.45) is 5.73 Å². The van der Waals surface area contributed by atoms with Gasteiger partial charge in [-0.05, 0) is 6.42 Å². The summed E-state index contributed by atoms with van der Waals surface area (Å²) in [4.78, 5) is 21.1. The van der Waals surface area contributed by atoms with Crippen LogP contribution in [0.1, 0.15) is 12.8 Å². The average Bonchev–Trinajstić information content (AvgIpc) is 2.11. The summed E-state index contributed by atoms with van der Waals surface area (Å²) in [5.41, 5.74) is 5.07. The molecule has 94 valence electrons. The molecule has 8 nitrogen and oxygen atoms in total. The van der Waals surface area contributed by atoms with E-state index in [4.69, 9.17) is 5.73 Å². The van der Waals surface area contributed by atoms with Gasteiger partial charge in [0.2, 0.25) is 5.91 Å². The van der Waals surface area contributed by atoms with E-state index in [1.807, 2.05) is 0 Å². The Balaban J connectivity index is 3.72. The van der Waals surface area contributed by atoms with Crippen LogP contribution in [0.3, 0.4) is 0 Å². The lowest BCUT2D eigenvalue weighted by molar-refractivity contribution is -0.307. The first-order chi connectivity index (χ1) is 7.22. The lowest BCUT2D eigenvalue weighted by atomic mass is 10.1. The normalized spacial score (nSPS) is 13.1. The number of nitrogens with two attached hydrogens (primary N) is 1. The molecule has 0 spiro atoms. The molecule has 0 aliphatic heterocycles. The van der Waals surface area contributed by atoms with Gasteiger partial charge in [0.05, 0.1) is 21.8 Å². The van der Waals surface area contributed by atoms with Gasteiger partial charge >= 0.3 is 0 Å². The Bertz CT molecular complexity index is 352. The Kier molecular flexibility index (Phi) is 5.93. The van der Waals surface area contributed by atoms with Gasteiger partial charge in [-0.25, -0.2) is 8.42 Å². The number of aliphatic carboxylic acids is 1. The van der Waals surface area contributed by atoms with Crippen LogP contribution >= 0.6 is 0 Å². The summed E-state index contributed by atoms with van der Waals surface area (Å²) in [6.45, 7) is -0.300. The van der Waals surface area contributed by atoms with Crippen molar-refractivity contribution < 1.29 is 27.7 Å². The van der Waals surface area contributed by atoms with Crippen LogP contribution in [-0.4, -0.2) is 43.2 Å². The van der Waals surface area contributed by atoms with Gasteiger partial charge in [0, 0.05) is 19.0 Å². The molecule has 0 aromatic heterocycles. The van der Waals surface area contributed by atoms with Crippen LogP contribution < -0.4 is 16.2 Å². The molecular formula is C7H12N2O6S-2. The number of carboxylic acids is 1. The molecule has 0 aliphatic rings. The Morgan fingerprint density at radius 1 is 1.38 bits per heavy atom. The second kappa shape index (κ2) is 6.40. The Hall–Kier alpha value is -1.19. The highest BCUT2D eigenvalue weighted by Gasteiger charge is 2.07. The van der Waals surface area contributed by atoms with E-state index in [0.29, 0.717) is 0 Å². The minimum absolute atomic E-state index is 0.113. The molecule has 0 aromatic rings. The van der Waals surface area contributed by atoms with E-state index in [1.165, 1.54) is 0 Å². The van der Waals surface area contributed by atoms with E-state index >= 15 is 0 Å². The number of rotatable bonds is 7. The predicted octanol–water partition coefficient (Wildman–Crippen LogP) is -3.49. The molecule has 0 saturated heterocycles. The monoisotopic (exact) mass is 252 g/mol. The fraction of sp³-hybridized carbons (Fsp3) is 0.714. The number of carbonyl (C=O) groups is 2. The van der Waals surface area contributed by atoms with E-state index in [2.05, 4.69) is 5.32 Å². The Morgan fingerprint density at radius 3 is 2.38 bits per heavy atom. The first kappa shape index (κ1) is 14.8. The van der Waals surface area contributed by atoms with Gasteiger partial charge in [0.25, 0.3) is 0 Å². The summed E-state index contributed by atoms with van der Waals surface area (Å²) < 4.78 is 30.5. The second-order valence-corrected chi connectivity index (χ2v) is 4.60. The van der Waals surface area contributed by atoms with Crippen LogP contribution in [0.15, 0.2) is 0 Å². The zero-order valence-corrected chi connectivity index (χ0v) is 9.16. The largest absolute Gasteiger partial charge is 0.748 e. The van der Waals surface area contributed by atoms with Crippen LogP contribution in [0.5, 0.6) is 0 Å². The Labute approximate surface area is 92.6 Å². The quantitative estimate of drug-likeness (QED) is 0.446. The molecule has 0 bridgehead atoms. The standard InChI is InChI=1S/C7H14N2O6S/c8-5(7(11)12)1-2-6(10)9-3-4-16(13,14)15/h5H,1-4,8H2,(H,9,10)(H,11,12)(H,13,14,15)/p-2. The highest BCUT2D eigenvalue weighted by molar-refractivity contribution is 7.85. The van der Waals surface area contributed by atoms with Gasteiger partial charge in [0.15, 0.2) is 0 Å². The molecule has 1 unspecified atom stereocenters. The summed E-state index contributed by atoms with van der Waals surface area (Å²) in [5.74, 6) is -2.74. The molecule has 0 heterocycles. The highest BCUT2D eigenvalue weighted by atomic mass is 32.2. The third-order valence-electron chi connectivity index (χ3n) is 1.66. The van der Waals surface area contributed by atoms with Crippen molar-refractivity contribution in [3.05, 3.63) is 0 Å². The highest BCUT2D eigenvalue weighted by Crippen LogP contribution is 1.93. The van der Waals surface area contributed by atoms with Crippen molar-refractivity contribution in [3.63, 3.8) is 0 Å². The number of carbonyl (C=O) groups excluding carboxylic acids is 2. The summed E-state index contributed by atoms with van der Waals surface area (Å²) >= 11 is 0. The van der Waals surface area contributed by atoms with Crippen molar-refractivity contribution in [1.29, 1.82) is 0 Å². The number of carboxylic acid groups (broad SMARTS) is 1. The SMILES string of the molecule is NC(CCC(=O)NCCS(=O)(=O)[O-])C(=O)[O-]. The molecular weight excluding hydrogens is 240 g/mol. The van der Waals surface area contributed by atoms with E-state index < -0.39 is 33.8 Å². The van der Waals surface area contributed by atoms with Gasteiger partial charge in [-0.3, -0.25) is 4.79 Å². The molecule has 0 aliphatic carbocycles. The van der Waals surface area contributed by atoms with E-state index in [0.717, 1.165) is 0 Å². The maximum Gasteiger partial charge on any atom is 0.220 e. The molecule has 9 heteroatoms. The second-order valence-electron chi connectivity index (χ2n) is 3.08. The predicted molar refractivity (Wildman–Crippen MR) is 49.8 cm³/mol. The average molecular weight is 252 g/mol. The minimum Gasteiger partial charge on any atom is -0.748 e. The summed E-state index contributed by atoms with van der Waals surface area (Å²) in [6, 6.07) is -1.24. The first-order valence-electron chi connectivity index (χ1n) is 4.39. The number of nitrogens with one attached hydrogen (secondary N) is 1. The topological polar surface area (TPSA) is 152 Å². The first-order valence-corrected chi connectivity index (χ1v) is 5.97. The smallest absolute Gasteiger partial charge is 0.220 e. The van der Waals surface area contributed by atoms with E-state index in [-0.39, 0.29) is 19.4 Å². The molecule has 0 aromatic carbocycles. The zero-order valence-electron chi connectivity index (χ0n) is 8.34. The summed E-state index contributed by atoms with van der Waals surface area (Å²) in [5, 5.41) is 12.3. The molecule has 16 heavy (non-hydrogen) atoms. The van der Waals surface area contributed by atoms with Crippen molar-refractivity contribution in [2.75, 3.05) is 12.3 Å². The molecule has 0 radical (unpaired) electrons. The summed E-state index contributed by atoms with van der Waals surface area (Å²) in [6.07, 6.45) is -0.285. The fourth-order valence-electron chi connectivity index (χ4n) is 0.808. The minimum atomic E-state index is -4.36. The lowest BCUT2D eigenvalue weighted by Crippen LogP contribution is -2.42. The molecule has 0 rings (SSSR count). The van der Waals surface area contributed by atoms with Crippen LogP contribution in [0.4, 0.5) is 0 Å². The molecule has 1 amide bonds. The zero-order chi connectivity index (χ0) is 12.8. The molecule has 3 N–H and O–H groups in total. The maximum absolute atomic E-state index is 11.0. The van der Waals surface area contributed by atoms with Crippen molar-refractivity contribution in [3.8, 4) is 0 Å². The number of hydrogen-bond donors (Lipinski definition) is 2. The van der Waals surface area contributed by atoms with Crippen LogP contribution in [0.25, 0.3) is 0 Å². The maximum atomic E-state index is 11.0. The third-order valence-corrected chi connectivity index (χ3v) is 2.36. The Morgan fingerprint density at radius 2 is 1.94 bits per heavy atom. The molecule has 1 atom stereocenters. The molecule has 0 saturated carbocycles. The van der Waals surface area contributed by atoms with Gasteiger partial charge in [0.1, 0.15) is 0 Å². The van der Waals surface area contributed by atoms with Gasteiger partial charge in [-0.15, -0.1) is 0 Å².